The normalized spacial score (nSPS) is 27.1. The van der Waals surface area contributed by atoms with Gasteiger partial charge in [0, 0.05) is 6.07 Å². The van der Waals surface area contributed by atoms with Gasteiger partial charge in [-0.3, -0.25) is 4.79 Å². The molecule has 3 heteroatoms. The van der Waals surface area contributed by atoms with Crippen LogP contribution in [0.15, 0.2) is 24.3 Å². The van der Waals surface area contributed by atoms with Crippen LogP contribution in [0.25, 0.3) is 0 Å². The van der Waals surface area contributed by atoms with E-state index < -0.39 is 0 Å². The van der Waals surface area contributed by atoms with Crippen LogP contribution in [0.1, 0.15) is 16.8 Å². The second-order valence-electron chi connectivity index (χ2n) is 3.68. The highest BCUT2D eigenvalue weighted by molar-refractivity contribution is 6.02. The van der Waals surface area contributed by atoms with Crippen LogP contribution >= 0.6 is 0 Å². The van der Waals surface area contributed by atoms with E-state index in [1.165, 1.54) is 0 Å². The number of nitrogens with zero attached hydrogens (tertiary/aromatic N) is 1. The lowest BCUT2D eigenvalue weighted by atomic mass is 10.0. The molecule has 1 unspecified atom stereocenters. The van der Waals surface area contributed by atoms with Crippen LogP contribution in [0.5, 0.6) is 0 Å². The summed E-state index contributed by atoms with van der Waals surface area (Å²) in [6, 6.07) is 7.56. The Hall–Kier alpha value is -1.19. The van der Waals surface area contributed by atoms with Crippen LogP contribution < -0.4 is 10.4 Å². The van der Waals surface area contributed by atoms with E-state index in [0.29, 0.717) is 17.6 Å². The van der Waals surface area contributed by atoms with Gasteiger partial charge < -0.3 is 0 Å². The van der Waals surface area contributed by atoms with E-state index in [1.807, 2.05) is 31.3 Å². The molecule has 2 N–H and O–H groups in total. The van der Waals surface area contributed by atoms with E-state index in [-0.39, 0.29) is 5.78 Å². The van der Waals surface area contributed by atoms with Crippen LogP contribution in [0.3, 0.4) is 0 Å². The summed E-state index contributed by atoms with van der Waals surface area (Å²) >= 11 is 0. The fraction of sp³-hybridized carbons (Fsp3) is 0.300. The predicted molar refractivity (Wildman–Crippen MR) is 52.2 cm³/mol. The van der Waals surface area contributed by atoms with Crippen molar-refractivity contribution >= 4 is 11.5 Å². The number of hydrogen-bond acceptors (Lipinski definition) is 2. The molecule has 0 aliphatic carbocycles. The topological polar surface area (TPSA) is 43.1 Å². The maximum Gasteiger partial charge on any atom is 0.174 e. The number of fused-ring (bicyclic) bond motifs is 1. The minimum Gasteiger partial charge on any atom is -0.294 e. The van der Waals surface area contributed by atoms with Gasteiger partial charge in [0.1, 0.15) is 6.54 Å². The number of rotatable bonds is 0. The Balaban J connectivity index is 2.61. The summed E-state index contributed by atoms with van der Waals surface area (Å²) < 4.78 is 0.321. The van der Waals surface area contributed by atoms with E-state index in [4.69, 9.17) is 5.84 Å². The lowest BCUT2D eigenvalue weighted by Crippen LogP contribution is -2.55. The fourth-order valence-electron chi connectivity index (χ4n) is 1.74. The monoisotopic (exact) mass is 177 g/mol. The minimum atomic E-state index is 0.205. The number of hydrogen-bond donors (Lipinski definition) is 1. The van der Waals surface area contributed by atoms with E-state index in [2.05, 4.69) is 0 Å². The number of ketones is 1. The van der Waals surface area contributed by atoms with Gasteiger partial charge in [-0.25, -0.2) is 4.59 Å². The van der Waals surface area contributed by atoms with Crippen molar-refractivity contribution < 1.29 is 4.79 Å². The van der Waals surface area contributed by atoms with E-state index >= 15 is 0 Å². The van der Waals surface area contributed by atoms with Crippen molar-refractivity contribution in [3.63, 3.8) is 0 Å². The van der Waals surface area contributed by atoms with Gasteiger partial charge >= 0.3 is 0 Å². The van der Waals surface area contributed by atoms with Crippen molar-refractivity contribution in [1.82, 2.24) is 4.59 Å². The molecular weight excluding hydrogens is 164 g/mol. The second kappa shape index (κ2) is 2.65. The Morgan fingerprint density at radius 2 is 2.08 bits per heavy atom. The summed E-state index contributed by atoms with van der Waals surface area (Å²) in [5.41, 5.74) is 1.71. The summed E-state index contributed by atoms with van der Waals surface area (Å²) in [6.45, 7) is 0.690. The molecule has 1 aromatic rings. The third-order valence-corrected chi connectivity index (χ3v) is 2.56. The Morgan fingerprint density at radius 3 is 2.77 bits per heavy atom. The first-order chi connectivity index (χ1) is 6.11. The van der Waals surface area contributed by atoms with Crippen molar-refractivity contribution in [2.24, 2.45) is 5.84 Å². The van der Waals surface area contributed by atoms with Crippen molar-refractivity contribution in [2.75, 3.05) is 13.6 Å². The molecule has 0 saturated heterocycles. The quantitative estimate of drug-likeness (QED) is 0.476. The molecule has 13 heavy (non-hydrogen) atoms. The molecular formula is C10H13N2O+. The maximum atomic E-state index is 11.5. The fourth-order valence-corrected chi connectivity index (χ4v) is 1.74. The highest BCUT2D eigenvalue weighted by Crippen LogP contribution is 2.28. The van der Waals surface area contributed by atoms with Gasteiger partial charge in [-0.05, 0) is 6.07 Å². The Labute approximate surface area is 77.3 Å². The third-order valence-electron chi connectivity index (χ3n) is 2.56. The number of para-hydroxylation sites is 1. The van der Waals surface area contributed by atoms with Crippen LogP contribution in [-0.4, -0.2) is 19.4 Å². The zero-order valence-corrected chi connectivity index (χ0v) is 7.66. The summed E-state index contributed by atoms with van der Waals surface area (Å²) in [5.74, 6) is 6.24. The summed E-state index contributed by atoms with van der Waals surface area (Å²) in [6.07, 6.45) is 0.546. The molecule has 68 valence electrons. The molecule has 0 spiro atoms. The molecule has 1 aliphatic heterocycles. The highest BCUT2D eigenvalue weighted by Gasteiger charge is 2.32. The van der Waals surface area contributed by atoms with Crippen molar-refractivity contribution in [3.8, 4) is 0 Å². The van der Waals surface area contributed by atoms with Crippen molar-refractivity contribution in [2.45, 2.75) is 6.42 Å². The number of carbonyl (C=O) groups is 1. The molecule has 1 atom stereocenters. The molecule has 1 aliphatic rings. The molecule has 1 aromatic carbocycles. The van der Waals surface area contributed by atoms with E-state index in [9.17, 15) is 4.79 Å². The maximum absolute atomic E-state index is 11.5. The van der Waals surface area contributed by atoms with E-state index in [0.717, 1.165) is 11.3 Å². The Kier molecular flexibility index (Phi) is 1.71. The lowest BCUT2D eigenvalue weighted by molar-refractivity contribution is 0.0950. The van der Waals surface area contributed by atoms with Gasteiger partial charge in [-0.15, -0.1) is 0 Å². The number of quaternary nitrogens is 1. The number of benzene rings is 1. The largest absolute Gasteiger partial charge is 0.294 e. The zero-order chi connectivity index (χ0) is 9.47. The van der Waals surface area contributed by atoms with Crippen LogP contribution in [-0.2, 0) is 0 Å². The average Bonchev–Trinajstić information content (AvgIpc) is 2.13. The zero-order valence-electron chi connectivity index (χ0n) is 7.66. The molecule has 0 radical (unpaired) electrons. The van der Waals surface area contributed by atoms with Gasteiger partial charge in [0.2, 0.25) is 0 Å². The first kappa shape index (κ1) is 8.41. The molecule has 0 saturated carbocycles. The standard InChI is InChI=1S/C10H13N2O/c1-12(11)7-6-10(13)8-4-2-3-5-9(8)12/h2-5H,6-7,11H2,1H3/q+1. The van der Waals surface area contributed by atoms with Gasteiger partial charge in [-0.2, -0.15) is 5.84 Å². The summed E-state index contributed by atoms with van der Waals surface area (Å²) in [4.78, 5) is 11.5. The average molecular weight is 177 g/mol. The Bertz CT molecular complexity index is 358. The van der Waals surface area contributed by atoms with Crippen molar-refractivity contribution in [1.29, 1.82) is 0 Å². The number of nitrogens with two attached hydrogens (primary N) is 1. The summed E-state index contributed by atoms with van der Waals surface area (Å²) in [5, 5.41) is 0. The Morgan fingerprint density at radius 1 is 1.38 bits per heavy atom. The van der Waals surface area contributed by atoms with E-state index in [1.54, 1.807) is 0 Å². The first-order valence-corrected chi connectivity index (χ1v) is 4.38. The number of Topliss-reactive ketones (excluding diaryl/α,β-unsaturated/α-hetero) is 1. The SMILES string of the molecule is C[N+]1(N)CCC(=O)c2ccccc21. The summed E-state index contributed by atoms with van der Waals surface area (Å²) in [7, 11) is 1.92. The first-order valence-electron chi connectivity index (χ1n) is 4.38. The highest BCUT2D eigenvalue weighted by atomic mass is 16.1. The molecule has 1 heterocycles. The predicted octanol–water partition coefficient (Wildman–Crippen LogP) is 1.08. The lowest BCUT2D eigenvalue weighted by Gasteiger charge is -2.32. The minimum absolute atomic E-state index is 0.205. The smallest absolute Gasteiger partial charge is 0.174 e. The van der Waals surface area contributed by atoms with Gasteiger partial charge in [0.25, 0.3) is 0 Å². The van der Waals surface area contributed by atoms with Crippen molar-refractivity contribution in [3.05, 3.63) is 29.8 Å². The van der Waals surface area contributed by atoms with Gasteiger partial charge in [0.05, 0.1) is 19.0 Å². The molecule has 3 nitrogen and oxygen atoms in total. The molecule has 2 rings (SSSR count). The molecule has 0 aromatic heterocycles. The van der Waals surface area contributed by atoms with Gasteiger partial charge in [0.15, 0.2) is 11.5 Å². The van der Waals surface area contributed by atoms with Gasteiger partial charge in [-0.1, -0.05) is 12.1 Å². The van der Waals surface area contributed by atoms with Crippen LogP contribution in [0.2, 0.25) is 0 Å². The third kappa shape index (κ3) is 1.26. The molecule has 0 bridgehead atoms. The van der Waals surface area contributed by atoms with Crippen LogP contribution in [0.4, 0.5) is 5.69 Å². The second-order valence-corrected chi connectivity index (χ2v) is 3.68. The molecule has 0 fully saturated rings. The molecule has 0 amide bonds. The number of carbonyl (C=O) groups excluding carboxylic acids is 1. The van der Waals surface area contributed by atoms with Crippen LogP contribution in [0, 0.1) is 0 Å².